The second-order valence-corrected chi connectivity index (χ2v) is 6.21. The van der Waals surface area contributed by atoms with Gasteiger partial charge in [-0.3, -0.25) is 4.79 Å². The van der Waals surface area contributed by atoms with Gasteiger partial charge in [-0.1, -0.05) is 32.8 Å². The van der Waals surface area contributed by atoms with Crippen LogP contribution in [-0.4, -0.2) is 20.9 Å². The van der Waals surface area contributed by atoms with E-state index in [1.165, 1.54) is 6.07 Å². The number of hydrogen-bond acceptors (Lipinski definition) is 3. The molecule has 0 atom stereocenters. The first-order valence-electron chi connectivity index (χ1n) is 6.84. The van der Waals surface area contributed by atoms with Crippen molar-refractivity contribution in [2.75, 3.05) is 6.54 Å². The van der Waals surface area contributed by atoms with Crippen LogP contribution in [0, 0.1) is 0 Å². The van der Waals surface area contributed by atoms with Gasteiger partial charge in [0.2, 0.25) is 10.0 Å². The molecule has 0 saturated heterocycles. The number of amides is 1. The number of hydrogen-bond donors (Lipinski definition) is 2. The fourth-order valence-electron chi connectivity index (χ4n) is 1.93. The minimum atomic E-state index is -3.81. The van der Waals surface area contributed by atoms with Gasteiger partial charge in [0.1, 0.15) is 0 Å². The lowest BCUT2D eigenvalue weighted by molar-refractivity contribution is 0.0952. The molecule has 0 saturated carbocycles. The van der Waals surface area contributed by atoms with Crippen LogP contribution in [0.25, 0.3) is 0 Å². The second-order valence-electron chi connectivity index (χ2n) is 4.68. The monoisotopic (exact) mass is 298 g/mol. The first kappa shape index (κ1) is 16.7. The Morgan fingerprint density at radius 1 is 1.25 bits per heavy atom. The van der Waals surface area contributed by atoms with Crippen LogP contribution >= 0.6 is 0 Å². The van der Waals surface area contributed by atoms with Crippen molar-refractivity contribution in [1.82, 2.24) is 5.32 Å². The lowest BCUT2D eigenvalue weighted by atomic mass is 10.1. The molecule has 3 N–H and O–H groups in total. The number of nitrogens with one attached hydrogen (secondary N) is 1. The Balaban J connectivity index is 2.89. The summed E-state index contributed by atoms with van der Waals surface area (Å²) in [6.07, 6.45) is 3.59. The van der Waals surface area contributed by atoms with Crippen molar-refractivity contribution in [3.63, 3.8) is 0 Å². The Bertz CT molecular complexity index is 568. The number of sulfonamides is 1. The van der Waals surface area contributed by atoms with Crippen LogP contribution in [0.1, 0.15) is 49.0 Å². The summed E-state index contributed by atoms with van der Waals surface area (Å²) in [4.78, 5) is 12.0. The molecule has 1 aromatic carbocycles. The van der Waals surface area contributed by atoms with Crippen molar-refractivity contribution < 1.29 is 13.2 Å². The van der Waals surface area contributed by atoms with Gasteiger partial charge in [-0.05, 0) is 30.5 Å². The Hall–Kier alpha value is -1.40. The highest BCUT2D eigenvalue weighted by Crippen LogP contribution is 2.17. The van der Waals surface area contributed by atoms with E-state index in [4.69, 9.17) is 5.14 Å². The van der Waals surface area contributed by atoms with Crippen LogP contribution in [-0.2, 0) is 16.4 Å². The summed E-state index contributed by atoms with van der Waals surface area (Å²) < 4.78 is 23.1. The molecule has 5 nitrogen and oxygen atoms in total. The minimum absolute atomic E-state index is 0.0289. The Morgan fingerprint density at radius 2 is 1.95 bits per heavy atom. The number of primary sulfonamides is 1. The Labute approximate surface area is 120 Å². The number of nitrogens with two attached hydrogens (primary N) is 1. The molecule has 0 heterocycles. The molecule has 0 aliphatic rings. The van der Waals surface area contributed by atoms with Gasteiger partial charge in [0, 0.05) is 12.1 Å². The molecule has 0 spiro atoms. The molecule has 112 valence electrons. The van der Waals surface area contributed by atoms with Crippen LogP contribution in [0.4, 0.5) is 0 Å². The van der Waals surface area contributed by atoms with Crippen LogP contribution in [0.2, 0.25) is 0 Å². The van der Waals surface area contributed by atoms with Crippen LogP contribution in [0.15, 0.2) is 23.1 Å². The maximum absolute atomic E-state index is 11.9. The maximum Gasteiger partial charge on any atom is 0.251 e. The highest BCUT2D eigenvalue weighted by atomic mass is 32.2. The third-order valence-electron chi connectivity index (χ3n) is 3.08. The van der Waals surface area contributed by atoms with E-state index >= 15 is 0 Å². The zero-order valence-corrected chi connectivity index (χ0v) is 12.8. The molecule has 0 unspecified atom stereocenters. The standard InChI is InChI=1S/C14H22N2O3S/c1-3-5-6-9-16-14(17)12-8-7-11(4-2)13(10-12)20(15,18)19/h7-8,10H,3-6,9H2,1-2H3,(H,16,17)(H2,15,18,19). The van der Waals surface area contributed by atoms with Gasteiger partial charge in [-0.15, -0.1) is 0 Å². The highest BCUT2D eigenvalue weighted by molar-refractivity contribution is 7.89. The summed E-state index contributed by atoms with van der Waals surface area (Å²) >= 11 is 0. The van der Waals surface area contributed by atoms with Gasteiger partial charge in [0.05, 0.1) is 4.90 Å². The van der Waals surface area contributed by atoms with Crippen molar-refractivity contribution in [3.8, 4) is 0 Å². The molecule has 0 aliphatic carbocycles. The number of rotatable bonds is 7. The molecule has 0 aliphatic heterocycles. The molecule has 0 radical (unpaired) electrons. The van der Waals surface area contributed by atoms with Crippen LogP contribution in [0.5, 0.6) is 0 Å². The molecular formula is C14H22N2O3S. The predicted octanol–water partition coefficient (Wildman–Crippen LogP) is 1.82. The Morgan fingerprint density at radius 3 is 2.50 bits per heavy atom. The number of unbranched alkanes of at least 4 members (excludes halogenated alkanes) is 2. The zero-order valence-electron chi connectivity index (χ0n) is 12.0. The summed E-state index contributed by atoms with van der Waals surface area (Å²) in [6, 6.07) is 4.62. The van der Waals surface area contributed by atoms with Crippen molar-refractivity contribution in [2.45, 2.75) is 44.4 Å². The van der Waals surface area contributed by atoms with Crippen LogP contribution < -0.4 is 10.5 Å². The van der Waals surface area contributed by atoms with Gasteiger partial charge in [-0.2, -0.15) is 0 Å². The zero-order chi connectivity index (χ0) is 15.2. The minimum Gasteiger partial charge on any atom is -0.352 e. The fourth-order valence-corrected chi connectivity index (χ4v) is 2.80. The van der Waals surface area contributed by atoms with E-state index in [2.05, 4.69) is 12.2 Å². The summed E-state index contributed by atoms with van der Waals surface area (Å²) in [5.41, 5.74) is 0.942. The highest BCUT2D eigenvalue weighted by Gasteiger charge is 2.16. The van der Waals surface area contributed by atoms with Gasteiger partial charge < -0.3 is 5.32 Å². The Kier molecular flexibility index (Phi) is 6.16. The van der Waals surface area contributed by atoms with Crippen molar-refractivity contribution in [1.29, 1.82) is 0 Å². The second kappa shape index (κ2) is 7.40. The first-order chi connectivity index (χ1) is 9.40. The van der Waals surface area contributed by atoms with E-state index in [1.54, 1.807) is 12.1 Å². The largest absolute Gasteiger partial charge is 0.352 e. The molecule has 1 amide bonds. The number of carbonyl (C=O) groups excluding carboxylic acids is 1. The van der Waals surface area contributed by atoms with E-state index < -0.39 is 10.0 Å². The predicted molar refractivity (Wildman–Crippen MR) is 79.1 cm³/mol. The molecule has 1 rings (SSSR count). The van der Waals surface area contributed by atoms with Crippen molar-refractivity contribution in [2.24, 2.45) is 5.14 Å². The normalized spacial score (nSPS) is 11.3. The molecule has 20 heavy (non-hydrogen) atoms. The lowest BCUT2D eigenvalue weighted by Gasteiger charge is -2.09. The third kappa shape index (κ3) is 4.61. The quantitative estimate of drug-likeness (QED) is 0.752. The maximum atomic E-state index is 11.9. The molecule has 6 heteroatoms. The van der Waals surface area contributed by atoms with E-state index in [0.717, 1.165) is 19.3 Å². The van der Waals surface area contributed by atoms with Gasteiger partial charge in [0.15, 0.2) is 0 Å². The number of benzene rings is 1. The van der Waals surface area contributed by atoms with E-state index in [-0.39, 0.29) is 10.8 Å². The molecule has 0 fully saturated rings. The fraction of sp³-hybridized carbons (Fsp3) is 0.500. The van der Waals surface area contributed by atoms with Crippen LogP contribution in [0.3, 0.4) is 0 Å². The molecular weight excluding hydrogens is 276 g/mol. The summed E-state index contributed by atoms with van der Waals surface area (Å²) in [5.74, 6) is -0.270. The average Bonchev–Trinajstić information content (AvgIpc) is 2.41. The average molecular weight is 298 g/mol. The van der Waals surface area contributed by atoms with Gasteiger partial charge >= 0.3 is 0 Å². The topological polar surface area (TPSA) is 89.3 Å². The molecule has 0 bridgehead atoms. The van der Waals surface area contributed by atoms with Gasteiger partial charge in [0.25, 0.3) is 5.91 Å². The van der Waals surface area contributed by atoms with Crippen molar-refractivity contribution >= 4 is 15.9 Å². The van der Waals surface area contributed by atoms with E-state index in [0.29, 0.717) is 24.1 Å². The molecule has 0 aromatic heterocycles. The summed E-state index contributed by atoms with van der Waals surface area (Å²) in [6.45, 7) is 4.52. The van der Waals surface area contributed by atoms with Crippen molar-refractivity contribution in [3.05, 3.63) is 29.3 Å². The molecule has 1 aromatic rings. The summed E-state index contributed by atoms with van der Waals surface area (Å²) in [5, 5.41) is 7.96. The number of carbonyl (C=O) groups is 1. The number of aryl methyl sites for hydroxylation is 1. The smallest absolute Gasteiger partial charge is 0.251 e. The SMILES string of the molecule is CCCCCNC(=O)c1ccc(CC)c(S(N)(=O)=O)c1. The van der Waals surface area contributed by atoms with Gasteiger partial charge in [-0.25, -0.2) is 13.6 Å². The summed E-state index contributed by atoms with van der Waals surface area (Å²) in [7, 11) is -3.81. The lowest BCUT2D eigenvalue weighted by Crippen LogP contribution is -2.25. The third-order valence-corrected chi connectivity index (χ3v) is 4.08. The first-order valence-corrected chi connectivity index (χ1v) is 8.38. The van der Waals surface area contributed by atoms with E-state index in [1.807, 2.05) is 6.92 Å². The van der Waals surface area contributed by atoms with E-state index in [9.17, 15) is 13.2 Å².